The molecule has 2 fully saturated rings. The summed E-state index contributed by atoms with van der Waals surface area (Å²) in [4.78, 5) is 17.8. The van der Waals surface area contributed by atoms with Crippen LogP contribution in [0.4, 0.5) is 0 Å². The van der Waals surface area contributed by atoms with Crippen molar-refractivity contribution in [2.75, 3.05) is 32.7 Å². The van der Waals surface area contributed by atoms with Crippen LogP contribution in [0.3, 0.4) is 0 Å². The summed E-state index contributed by atoms with van der Waals surface area (Å²) in [6.07, 6.45) is 2.66. The number of rotatable bonds is 2. The van der Waals surface area contributed by atoms with Gasteiger partial charge in [0.25, 0.3) is 5.91 Å². The lowest BCUT2D eigenvalue weighted by atomic mass is 10.2. The zero-order valence-corrected chi connectivity index (χ0v) is 12.3. The van der Waals surface area contributed by atoms with E-state index in [9.17, 15) is 4.79 Å². The molecule has 1 aromatic rings. The van der Waals surface area contributed by atoms with Gasteiger partial charge >= 0.3 is 0 Å². The van der Waals surface area contributed by atoms with Crippen LogP contribution in [0, 0.1) is 11.8 Å². The average molecular weight is 289 g/mol. The zero-order chi connectivity index (χ0) is 13.9. The number of nitrogens with zero attached hydrogens (tertiary/aromatic N) is 2. The first-order valence-corrected chi connectivity index (χ1v) is 7.97. The third-order valence-corrected chi connectivity index (χ3v) is 4.75. The van der Waals surface area contributed by atoms with E-state index in [0.29, 0.717) is 6.54 Å². The van der Waals surface area contributed by atoms with Crippen molar-refractivity contribution in [3.63, 3.8) is 0 Å². The molecule has 1 saturated carbocycles. The van der Waals surface area contributed by atoms with Gasteiger partial charge in [0.2, 0.25) is 0 Å². The van der Waals surface area contributed by atoms with E-state index in [1.54, 1.807) is 0 Å². The van der Waals surface area contributed by atoms with Crippen LogP contribution in [0.2, 0.25) is 0 Å². The monoisotopic (exact) mass is 289 g/mol. The molecule has 1 aromatic heterocycles. The number of amides is 1. The molecular formula is C15H19N3OS. The highest BCUT2D eigenvalue weighted by Gasteiger charge is 2.32. The third kappa shape index (κ3) is 2.88. The Morgan fingerprint density at radius 2 is 2.10 bits per heavy atom. The first-order valence-electron chi connectivity index (χ1n) is 7.09. The summed E-state index contributed by atoms with van der Waals surface area (Å²) in [7, 11) is 0. The lowest BCUT2D eigenvalue weighted by molar-refractivity contribution is 0.0632. The van der Waals surface area contributed by atoms with Crippen LogP contribution >= 0.6 is 11.3 Å². The highest BCUT2D eigenvalue weighted by atomic mass is 32.1. The molecule has 4 nitrogen and oxygen atoms in total. The lowest BCUT2D eigenvalue weighted by Crippen LogP contribution is -2.49. The molecule has 0 spiro atoms. The maximum Gasteiger partial charge on any atom is 0.265 e. The Balaban J connectivity index is 1.65. The van der Waals surface area contributed by atoms with E-state index in [1.807, 2.05) is 16.3 Å². The van der Waals surface area contributed by atoms with Crippen LogP contribution in [0.25, 0.3) is 0 Å². The molecule has 0 atom stereocenters. The summed E-state index contributed by atoms with van der Waals surface area (Å²) in [5.41, 5.74) is 6.21. The largest absolute Gasteiger partial charge is 0.335 e. The van der Waals surface area contributed by atoms with Crippen molar-refractivity contribution < 1.29 is 4.79 Å². The smallest absolute Gasteiger partial charge is 0.265 e. The van der Waals surface area contributed by atoms with Crippen LogP contribution in [-0.4, -0.2) is 54.5 Å². The third-order valence-electron chi connectivity index (χ3n) is 3.85. The molecule has 5 heteroatoms. The number of hydrogen-bond donors (Lipinski definition) is 1. The molecule has 0 aromatic carbocycles. The molecule has 1 amide bonds. The minimum absolute atomic E-state index is 0.122. The fourth-order valence-corrected chi connectivity index (χ4v) is 3.41. The van der Waals surface area contributed by atoms with E-state index in [4.69, 9.17) is 5.73 Å². The summed E-state index contributed by atoms with van der Waals surface area (Å²) in [6.45, 7) is 3.99. The molecule has 0 unspecified atom stereocenters. The normalized spacial score (nSPS) is 19.6. The van der Waals surface area contributed by atoms with E-state index in [1.165, 1.54) is 24.2 Å². The van der Waals surface area contributed by atoms with Gasteiger partial charge in [0.15, 0.2) is 0 Å². The fourth-order valence-electron chi connectivity index (χ4n) is 2.59. The number of hydrogen-bond acceptors (Lipinski definition) is 4. The van der Waals surface area contributed by atoms with Gasteiger partial charge in [0.05, 0.1) is 6.54 Å². The molecule has 1 aliphatic carbocycles. The van der Waals surface area contributed by atoms with Gasteiger partial charge in [-0.3, -0.25) is 9.69 Å². The molecule has 1 saturated heterocycles. The Labute approximate surface area is 123 Å². The second kappa shape index (κ2) is 5.96. The Morgan fingerprint density at radius 3 is 2.75 bits per heavy atom. The van der Waals surface area contributed by atoms with Crippen LogP contribution < -0.4 is 5.73 Å². The minimum atomic E-state index is 0.122. The summed E-state index contributed by atoms with van der Waals surface area (Å²) in [5, 5.41) is 1.92. The molecule has 2 heterocycles. The first kappa shape index (κ1) is 13.6. The summed E-state index contributed by atoms with van der Waals surface area (Å²) in [6, 6.07) is 2.70. The molecule has 20 heavy (non-hydrogen) atoms. The van der Waals surface area contributed by atoms with Crippen molar-refractivity contribution in [1.82, 2.24) is 9.80 Å². The van der Waals surface area contributed by atoms with Crippen molar-refractivity contribution in [2.24, 2.45) is 5.73 Å². The number of carbonyl (C=O) groups excluding carboxylic acids is 1. The second-order valence-electron chi connectivity index (χ2n) is 5.23. The second-order valence-corrected chi connectivity index (χ2v) is 6.14. The number of thiophene rings is 1. The van der Waals surface area contributed by atoms with Crippen LogP contribution in [0.5, 0.6) is 0 Å². The Morgan fingerprint density at radius 1 is 1.35 bits per heavy atom. The summed E-state index contributed by atoms with van der Waals surface area (Å²) in [5.74, 6) is 5.93. The Hall–Kier alpha value is -1.35. The predicted octanol–water partition coefficient (Wildman–Crippen LogP) is 0.978. The Bertz CT molecular complexity index is 545. The predicted molar refractivity (Wildman–Crippen MR) is 80.7 cm³/mol. The van der Waals surface area contributed by atoms with Gasteiger partial charge in [0.1, 0.15) is 4.88 Å². The van der Waals surface area contributed by atoms with Gasteiger partial charge < -0.3 is 10.6 Å². The maximum absolute atomic E-state index is 12.6. The van der Waals surface area contributed by atoms with Gasteiger partial charge in [0, 0.05) is 37.8 Å². The quantitative estimate of drug-likeness (QED) is 0.826. The molecular weight excluding hydrogens is 270 g/mol. The van der Waals surface area contributed by atoms with Crippen molar-refractivity contribution >= 4 is 17.2 Å². The molecule has 0 bridgehead atoms. The zero-order valence-electron chi connectivity index (χ0n) is 11.5. The number of nitrogens with two attached hydrogens (primary N) is 1. The number of carbonyl (C=O) groups is 1. The van der Waals surface area contributed by atoms with Gasteiger partial charge in [-0.1, -0.05) is 11.8 Å². The topological polar surface area (TPSA) is 49.6 Å². The standard InChI is InChI=1S/C15H19N3OS/c16-6-1-2-12-5-11-20-14(12)15(19)18-9-7-17(8-10-18)13-3-4-13/h5,11,13H,3-4,6-10,16H2. The highest BCUT2D eigenvalue weighted by Crippen LogP contribution is 2.28. The van der Waals surface area contributed by atoms with E-state index >= 15 is 0 Å². The molecule has 3 rings (SSSR count). The molecule has 1 aliphatic heterocycles. The molecule has 2 N–H and O–H groups in total. The Kier molecular flexibility index (Phi) is 4.06. The maximum atomic E-state index is 12.6. The van der Waals surface area contributed by atoms with E-state index in [-0.39, 0.29) is 5.91 Å². The van der Waals surface area contributed by atoms with Crippen molar-refractivity contribution in [1.29, 1.82) is 0 Å². The van der Waals surface area contributed by atoms with Crippen LogP contribution in [0.15, 0.2) is 11.4 Å². The van der Waals surface area contributed by atoms with Crippen molar-refractivity contribution in [2.45, 2.75) is 18.9 Å². The van der Waals surface area contributed by atoms with E-state index < -0.39 is 0 Å². The lowest BCUT2D eigenvalue weighted by Gasteiger charge is -2.34. The summed E-state index contributed by atoms with van der Waals surface area (Å²) >= 11 is 1.47. The van der Waals surface area contributed by atoms with Gasteiger partial charge in [-0.2, -0.15) is 0 Å². The SMILES string of the molecule is NCC#Cc1ccsc1C(=O)N1CCN(C2CC2)CC1. The molecule has 2 aliphatic rings. The van der Waals surface area contributed by atoms with Gasteiger partial charge in [-0.05, 0) is 24.3 Å². The van der Waals surface area contributed by atoms with E-state index in [0.717, 1.165) is 42.7 Å². The van der Waals surface area contributed by atoms with Crippen molar-refractivity contribution in [3.05, 3.63) is 21.9 Å². The van der Waals surface area contributed by atoms with Gasteiger partial charge in [-0.15, -0.1) is 11.3 Å². The van der Waals surface area contributed by atoms with Crippen molar-refractivity contribution in [3.8, 4) is 11.8 Å². The van der Waals surface area contributed by atoms with Crippen LogP contribution in [0.1, 0.15) is 28.1 Å². The van der Waals surface area contributed by atoms with E-state index in [2.05, 4.69) is 16.7 Å². The summed E-state index contributed by atoms with van der Waals surface area (Å²) < 4.78 is 0. The average Bonchev–Trinajstić information content (AvgIpc) is 3.23. The minimum Gasteiger partial charge on any atom is -0.335 e. The highest BCUT2D eigenvalue weighted by molar-refractivity contribution is 7.12. The molecule has 106 valence electrons. The van der Waals surface area contributed by atoms with Crippen LogP contribution in [-0.2, 0) is 0 Å². The first-order chi connectivity index (χ1) is 9.79. The number of piperazine rings is 1. The molecule has 0 radical (unpaired) electrons. The van der Waals surface area contributed by atoms with Gasteiger partial charge in [-0.25, -0.2) is 0 Å². The fraction of sp³-hybridized carbons (Fsp3) is 0.533.